The molecule has 0 saturated heterocycles. The van der Waals surface area contributed by atoms with Gasteiger partial charge in [0.1, 0.15) is 5.76 Å². The summed E-state index contributed by atoms with van der Waals surface area (Å²) >= 11 is 3.44. The number of benzene rings is 2. The van der Waals surface area contributed by atoms with Crippen molar-refractivity contribution in [1.29, 1.82) is 0 Å². The zero-order chi connectivity index (χ0) is 25.3. The largest absolute Gasteiger partial charge is 0.501 e. The molecule has 2 N–H and O–H groups in total. The van der Waals surface area contributed by atoms with E-state index in [4.69, 9.17) is 4.74 Å². The number of Topliss-reactive ketones (excluding diaryl/α,β-unsaturated/α-hetero) is 1. The van der Waals surface area contributed by atoms with Crippen LogP contribution in [0.3, 0.4) is 0 Å². The summed E-state index contributed by atoms with van der Waals surface area (Å²) in [5.74, 6) is 0.355. The van der Waals surface area contributed by atoms with E-state index < -0.39 is 0 Å². The first kappa shape index (κ1) is 26.9. The Labute approximate surface area is 211 Å². The molecule has 0 aliphatic rings. The van der Waals surface area contributed by atoms with Crippen LogP contribution in [-0.2, 0) is 11.3 Å². The highest BCUT2D eigenvalue weighted by molar-refractivity contribution is 9.10. The highest BCUT2D eigenvalue weighted by Gasteiger charge is 2.22. The number of H-pyrrole nitrogens is 1. The molecule has 0 radical (unpaired) electrons. The van der Waals surface area contributed by atoms with Crippen molar-refractivity contribution < 1.29 is 9.53 Å². The van der Waals surface area contributed by atoms with Gasteiger partial charge in [0.2, 0.25) is 0 Å². The Hall–Kier alpha value is -3.31. The fourth-order valence-electron chi connectivity index (χ4n) is 3.26. The van der Waals surface area contributed by atoms with Gasteiger partial charge in [-0.15, -0.1) is 0 Å². The molecule has 0 unspecified atom stereocenters. The van der Waals surface area contributed by atoms with Gasteiger partial charge < -0.3 is 15.0 Å². The van der Waals surface area contributed by atoms with Crippen LogP contribution in [0, 0.1) is 6.92 Å². The standard InChI is InChI=1S/C27H27BrN2O2.C2H6/c1-17-6-8-21(9-7-17)15-29-19(3)25-14-23(16-30-25)27(31)26(20(4)32-5)18(2)22-10-12-24(28)13-11-22;1-2/h6-14,16,29-30H,2-3,15H2,1,4-5H3;1-2H3/b26-20+;. The summed E-state index contributed by atoms with van der Waals surface area (Å²) in [6, 6.07) is 17.8. The van der Waals surface area contributed by atoms with Gasteiger partial charge in [-0.05, 0) is 48.7 Å². The van der Waals surface area contributed by atoms with Gasteiger partial charge in [-0.3, -0.25) is 4.79 Å². The van der Waals surface area contributed by atoms with Gasteiger partial charge in [0.05, 0.1) is 24.1 Å². The molecule has 34 heavy (non-hydrogen) atoms. The fourth-order valence-corrected chi connectivity index (χ4v) is 3.53. The SMILES string of the molecule is C=C(/C(C(=O)c1c[nH]c(C(=C)NCc2ccc(C)cc2)c1)=C(/C)OC)c1ccc(Br)cc1.CC. The Morgan fingerprint density at radius 2 is 1.65 bits per heavy atom. The fraction of sp³-hybridized carbons (Fsp3) is 0.207. The number of aromatic nitrogens is 1. The predicted octanol–water partition coefficient (Wildman–Crippen LogP) is 7.69. The lowest BCUT2D eigenvalue weighted by Gasteiger charge is -2.13. The molecular formula is C29H33BrN2O2. The van der Waals surface area contributed by atoms with Gasteiger partial charge in [-0.25, -0.2) is 0 Å². The van der Waals surface area contributed by atoms with Gasteiger partial charge in [0.25, 0.3) is 0 Å². The van der Waals surface area contributed by atoms with E-state index in [0.29, 0.717) is 34.7 Å². The molecule has 0 bridgehead atoms. The van der Waals surface area contributed by atoms with Crippen molar-refractivity contribution >= 4 is 33.0 Å². The summed E-state index contributed by atoms with van der Waals surface area (Å²) in [6.07, 6.45) is 1.69. The number of carbonyl (C=O) groups is 1. The van der Waals surface area contributed by atoms with E-state index in [1.165, 1.54) is 5.56 Å². The maximum Gasteiger partial charge on any atom is 0.198 e. The first-order valence-electron chi connectivity index (χ1n) is 11.2. The zero-order valence-corrected chi connectivity index (χ0v) is 22.2. The number of carbonyl (C=O) groups excluding carboxylic acids is 1. The summed E-state index contributed by atoms with van der Waals surface area (Å²) in [7, 11) is 1.55. The van der Waals surface area contributed by atoms with Crippen molar-refractivity contribution in [3.8, 4) is 0 Å². The van der Waals surface area contributed by atoms with E-state index in [1.54, 1.807) is 26.3 Å². The van der Waals surface area contributed by atoms with Gasteiger partial charge in [0, 0.05) is 22.8 Å². The number of rotatable bonds is 9. The molecule has 5 heteroatoms. The van der Waals surface area contributed by atoms with Gasteiger partial charge >= 0.3 is 0 Å². The van der Waals surface area contributed by atoms with Crippen LogP contribution in [-0.4, -0.2) is 17.9 Å². The van der Waals surface area contributed by atoms with Crippen LogP contribution >= 0.6 is 15.9 Å². The number of methoxy groups -OCH3 is 1. The van der Waals surface area contributed by atoms with Crippen molar-refractivity contribution in [2.45, 2.75) is 34.2 Å². The molecule has 3 rings (SSSR count). The van der Waals surface area contributed by atoms with E-state index in [-0.39, 0.29) is 5.78 Å². The van der Waals surface area contributed by atoms with Crippen LogP contribution in [0.4, 0.5) is 0 Å². The molecular weight excluding hydrogens is 488 g/mol. The predicted molar refractivity (Wildman–Crippen MR) is 146 cm³/mol. The number of aryl methyl sites for hydroxylation is 1. The second-order valence-corrected chi connectivity index (χ2v) is 8.49. The lowest BCUT2D eigenvalue weighted by atomic mass is 9.93. The molecule has 0 aliphatic carbocycles. The Morgan fingerprint density at radius 1 is 1.03 bits per heavy atom. The average molecular weight is 521 g/mol. The van der Waals surface area contributed by atoms with Crippen LogP contribution in [0.5, 0.6) is 0 Å². The van der Waals surface area contributed by atoms with E-state index in [1.807, 2.05) is 38.1 Å². The van der Waals surface area contributed by atoms with Crippen LogP contribution in [0.25, 0.3) is 11.3 Å². The van der Waals surface area contributed by atoms with Crippen LogP contribution in [0.2, 0.25) is 0 Å². The summed E-state index contributed by atoms with van der Waals surface area (Å²) < 4.78 is 6.38. The summed E-state index contributed by atoms with van der Waals surface area (Å²) in [4.78, 5) is 16.5. The van der Waals surface area contributed by atoms with Crippen LogP contribution in [0.15, 0.2) is 89.8 Å². The van der Waals surface area contributed by atoms with E-state index >= 15 is 0 Å². The van der Waals surface area contributed by atoms with Crippen molar-refractivity contribution in [3.05, 3.63) is 118 Å². The topological polar surface area (TPSA) is 54.1 Å². The summed E-state index contributed by atoms with van der Waals surface area (Å²) in [5, 5.41) is 3.31. The van der Waals surface area contributed by atoms with E-state index in [0.717, 1.165) is 21.3 Å². The van der Waals surface area contributed by atoms with Crippen molar-refractivity contribution in [1.82, 2.24) is 10.3 Å². The third kappa shape index (κ3) is 6.84. The third-order valence-electron chi connectivity index (χ3n) is 5.28. The average Bonchev–Trinajstić information content (AvgIpc) is 3.35. The number of ether oxygens (including phenoxy) is 1. The van der Waals surface area contributed by atoms with Crippen molar-refractivity contribution in [2.24, 2.45) is 0 Å². The molecule has 0 saturated carbocycles. The van der Waals surface area contributed by atoms with Crippen LogP contribution in [0.1, 0.15) is 53.5 Å². The number of nitrogens with one attached hydrogen (secondary N) is 2. The maximum absolute atomic E-state index is 13.4. The molecule has 3 aromatic rings. The normalized spacial score (nSPS) is 11.0. The summed E-state index contributed by atoms with van der Waals surface area (Å²) in [5.41, 5.74) is 6.27. The molecule has 4 nitrogen and oxygen atoms in total. The molecule has 1 heterocycles. The monoisotopic (exact) mass is 520 g/mol. The highest BCUT2D eigenvalue weighted by Crippen LogP contribution is 2.29. The number of allylic oxidation sites excluding steroid dienone is 3. The minimum absolute atomic E-state index is 0.161. The minimum atomic E-state index is -0.161. The minimum Gasteiger partial charge on any atom is -0.501 e. The lowest BCUT2D eigenvalue weighted by Crippen LogP contribution is -2.11. The molecule has 178 valence electrons. The number of hydrogen-bond acceptors (Lipinski definition) is 3. The van der Waals surface area contributed by atoms with E-state index in [2.05, 4.69) is 70.6 Å². The van der Waals surface area contributed by atoms with Crippen LogP contribution < -0.4 is 5.32 Å². The molecule has 0 fully saturated rings. The van der Waals surface area contributed by atoms with Gasteiger partial charge in [0.15, 0.2) is 5.78 Å². The van der Waals surface area contributed by atoms with E-state index in [9.17, 15) is 4.79 Å². The van der Waals surface area contributed by atoms with Gasteiger partial charge in [-0.2, -0.15) is 0 Å². The second kappa shape index (κ2) is 12.8. The highest BCUT2D eigenvalue weighted by atomic mass is 79.9. The molecule has 0 atom stereocenters. The smallest absolute Gasteiger partial charge is 0.198 e. The maximum atomic E-state index is 13.4. The number of aromatic amines is 1. The zero-order valence-electron chi connectivity index (χ0n) is 20.6. The Kier molecular flexibility index (Phi) is 10.1. The second-order valence-electron chi connectivity index (χ2n) is 7.57. The first-order valence-corrected chi connectivity index (χ1v) is 12.0. The molecule has 0 aliphatic heterocycles. The number of halogens is 1. The first-order chi connectivity index (χ1) is 16.3. The summed E-state index contributed by atoms with van der Waals surface area (Å²) in [6.45, 7) is 16.8. The quantitative estimate of drug-likeness (QED) is 0.131. The van der Waals surface area contributed by atoms with Crippen molar-refractivity contribution in [3.63, 3.8) is 0 Å². The Morgan fingerprint density at radius 3 is 2.24 bits per heavy atom. The molecule has 1 aromatic heterocycles. The van der Waals surface area contributed by atoms with Gasteiger partial charge in [-0.1, -0.05) is 84.9 Å². The molecule has 2 aromatic carbocycles. The Bertz CT molecular complexity index is 1170. The molecule has 0 spiro atoms. The Balaban J connectivity index is 0.00000199. The third-order valence-corrected chi connectivity index (χ3v) is 5.81. The molecule has 0 amide bonds. The van der Waals surface area contributed by atoms with Crippen molar-refractivity contribution in [2.75, 3.05) is 7.11 Å². The number of ketones is 1. The lowest BCUT2D eigenvalue weighted by molar-refractivity contribution is 0.103. The number of hydrogen-bond donors (Lipinski definition) is 2.